The molecule has 2 aromatic heterocycles. The summed E-state index contributed by atoms with van der Waals surface area (Å²) in [6.45, 7) is 2.74. The summed E-state index contributed by atoms with van der Waals surface area (Å²) in [6, 6.07) is 8.89. The molecule has 124 valence electrons. The van der Waals surface area contributed by atoms with Crippen molar-refractivity contribution in [3.05, 3.63) is 67.3 Å². The summed E-state index contributed by atoms with van der Waals surface area (Å²) in [5.41, 5.74) is 0.131. The van der Waals surface area contributed by atoms with Crippen molar-refractivity contribution in [1.82, 2.24) is 9.88 Å². The topological polar surface area (TPSA) is 53.2 Å². The van der Waals surface area contributed by atoms with E-state index in [4.69, 9.17) is 11.6 Å². The van der Waals surface area contributed by atoms with E-state index in [2.05, 4.69) is 4.98 Å². The molecule has 3 rings (SSSR count). The van der Waals surface area contributed by atoms with E-state index >= 15 is 0 Å². The molecule has 3 aromatic rings. The zero-order chi connectivity index (χ0) is 17.3. The fraction of sp³-hybridized carbons (Fsp3) is 0.176. The largest absolute Gasteiger partial charge is 0.334 e. The normalized spacial score (nSPS) is 11.0. The Labute approximate surface area is 146 Å². The molecule has 0 atom stereocenters. The van der Waals surface area contributed by atoms with Crippen LogP contribution in [0.15, 0.2) is 41.2 Å². The van der Waals surface area contributed by atoms with Gasteiger partial charge in [-0.25, -0.2) is 4.39 Å². The van der Waals surface area contributed by atoms with Gasteiger partial charge in [0.15, 0.2) is 0 Å². The van der Waals surface area contributed by atoms with Crippen LogP contribution >= 0.6 is 22.9 Å². The molecule has 7 heteroatoms. The number of thiophene rings is 1. The summed E-state index contributed by atoms with van der Waals surface area (Å²) in [7, 11) is 0. The van der Waals surface area contributed by atoms with E-state index in [0.717, 1.165) is 4.88 Å². The lowest BCUT2D eigenvalue weighted by atomic mass is 10.1. The van der Waals surface area contributed by atoms with E-state index in [0.29, 0.717) is 28.3 Å². The standard InChI is InChI=1S/C17H14ClFN2O2S/c1-2-21(9-11-4-6-15(18)24-11)17(23)13-8-16(22)20-14-7-10(19)3-5-12(13)14/h3-8H,2,9H2,1H3,(H,20,22). The van der Waals surface area contributed by atoms with E-state index in [1.807, 2.05) is 13.0 Å². The lowest BCUT2D eigenvalue weighted by Crippen LogP contribution is -2.31. The van der Waals surface area contributed by atoms with Gasteiger partial charge in [-0.3, -0.25) is 9.59 Å². The predicted octanol–water partition coefficient (Wildman–Crippen LogP) is 4.04. The Bertz CT molecular complexity index is 967. The summed E-state index contributed by atoms with van der Waals surface area (Å²) >= 11 is 7.34. The number of amides is 1. The number of halogens is 2. The molecule has 0 saturated carbocycles. The van der Waals surface area contributed by atoms with Crippen molar-refractivity contribution in [2.24, 2.45) is 0 Å². The molecule has 0 radical (unpaired) electrons. The maximum atomic E-state index is 13.4. The zero-order valence-corrected chi connectivity index (χ0v) is 14.4. The second-order valence-electron chi connectivity index (χ2n) is 5.26. The van der Waals surface area contributed by atoms with Crippen molar-refractivity contribution < 1.29 is 9.18 Å². The molecule has 0 aliphatic rings. The first kappa shape index (κ1) is 16.7. The van der Waals surface area contributed by atoms with Crippen molar-refractivity contribution in [2.45, 2.75) is 13.5 Å². The van der Waals surface area contributed by atoms with E-state index in [1.54, 1.807) is 11.0 Å². The predicted molar refractivity (Wildman–Crippen MR) is 94.3 cm³/mol. The smallest absolute Gasteiger partial charge is 0.255 e. The van der Waals surface area contributed by atoms with Gasteiger partial charge in [-0.05, 0) is 37.3 Å². The van der Waals surface area contributed by atoms with Gasteiger partial charge in [-0.2, -0.15) is 0 Å². The van der Waals surface area contributed by atoms with Gasteiger partial charge in [0, 0.05) is 22.9 Å². The van der Waals surface area contributed by atoms with Gasteiger partial charge in [-0.15, -0.1) is 11.3 Å². The van der Waals surface area contributed by atoms with Crippen molar-refractivity contribution in [3.8, 4) is 0 Å². The molecule has 1 amide bonds. The summed E-state index contributed by atoms with van der Waals surface area (Å²) in [5.74, 6) is -0.743. The molecular weight excluding hydrogens is 351 g/mol. The molecule has 0 saturated heterocycles. The number of benzene rings is 1. The van der Waals surface area contributed by atoms with E-state index < -0.39 is 11.4 Å². The Balaban J connectivity index is 2.01. The monoisotopic (exact) mass is 364 g/mol. The molecule has 4 nitrogen and oxygen atoms in total. The first-order valence-electron chi connectivity index (χ1n) is 7.34. The molecule has 0 unspecified atom stereocenters. The Morgan fingerprint density at radius 3 is 2.75 bits per heavy atom. The number of aromatic amines is 1. The number of H-pyrrole nitrogens is 1. The SMILES string of the molecule is CCN(Cc1ccc(Cl)s1)C(=O)c1cc(=O)[nH]c2cc(F)ccc12. The minimum atomic E-state index is -0.469. The van der Waals surface area contributed by atoms with E-state index in [-0.39, 0.29) is 11.5 Å². The van der Waals surface area contributed by atoms with Crippen LogP contribution in [-0.2, 0) is 6.54 Å². The molecule has 1 N–H and O–H groups in total. The molecule has 0 aliphatic heterocycles. The average molecular weight is 365 g/mol. The van der Waals surface area contributed by atoms with Crippen molar-refractivity contribution >= 4 is 39.7 Å². The van der Waals surface area contributed by atoms with Gasteiger partial charge < -0.3 is 9.88 Å². The minimum Gasteiger partial charge on any atom is -0.334 e. The van der Waals surface area contributed by atoms with Crippen LogP contribution < -0.4 is 5.56 Å². The van der Waals surface area contributed by atoms with Crippen LogP contribution in [-0.4, -0.2) is 22.3 Å². The Morgan fingerprint density at radius 1 is 1.29 bits per heavy atom. The highest BCUT2D eigenvalue weighted by Crippen LogP contribution is 2.24. The Hall–Kier alpha value is -2.18. The third kappa shape index (κ3) is 3.34. The van der Waals surface area contributed by atoms with Gasteiger partial charge in [0.25, 0.3) is 5.91 Å². The zero-order valence-electron chi connectivity index (χ0n) is 12.8. The lowest BCUT2D eigenvalue weighted by Gasteiger charge is -2.21. The third-order valence-corrected chi connectivity index (χ3v) is 4.90. The van der Waals surface area contributed by atoms with Gasteiger partial charge in [0.05, 0.1) is 22.0 Å². The van der Waals surface area contributed by atoms with Gasteiger partial charge >= 0.3 is 0 Å². The van der Waals surface area contributed by atoms with E-state index in [9.17, 15) is 14.0 Å². The van der Waals surface area contributed by atoms with Crippen LogP contribution in [0.2, 0.25) is 4.34 Å². The second kappa shape index (κ2) is 6.75. The number of carbonyl (C=O) groups is 1. The highest BCUT2D eigenvalue weighted by Gasteiger charge is 2.19. The summed E-state index contributed by atoms with van der Waals surface area (Å²) < 4.78 is 14.0. The lowest BCUT2D eigenvalue weighted by molar-refractivity contribution is 0.0756. The van der Waals surface area contributed by atoms with Crippen LogP contribution in [0.25, 0.3) is 10.9 Å². The number of hydrogen-bond donors (Lipinski definition) is 1. The molecule has 2 heterocycles. The Morgan fingerprint density at radius 2 is 2.08 bits per heavy atom. The van der Waals surface area contributed by atoms with Crippen molar-refractivity contribution in [3.63, 3.8) is 0 Å². The highest BCUT2D eigenvalue weighted by molar-refractivity contribution is 7.16. The molecular formula is C17H14ClFN2O2S. The highest BCUT2D eigenvalue weighted by atomic mass is 35.5. The molecule has 0 fully saturated rings. The van der Waals surface area contributed by atoms with Gasteiger partial charge in [-0.1, -0.05) is 11.6 Å². The van der Waals surface area contributed by atoms with Crippen molar-refractivity contribution in [2.75, 3.05) is 6.54 Å². The quantitative estimate of drug-likeness (QED) is 0.759. The van der Waals surface area contributed by atoms with Gasteiger partial charge in [0.2, 0.25) is 5.56 Å². The summed E-state index contributed by atoms with van der Waals surface area (Å²) in [5, 5.41) is 0.517. The van der Waals surface area contributed by atoms with Crippen LogP contribution in [0, 0.1) is 5.82 Å². The molecule has 0 bridgehead atoms. The number of carbonyl (C=O) groups excluding carboxylic acids is 1. The fourth-order valence-corrected chi connectivity index (χ4v) is 3.64. The van der Waals surface area contributed by atoms with Crippen LogP contribution in [0.4, 0.5) is 4.39 Å². The average Bonchev–Trinajstić information content (AvgIpc) is 2.95. The van der Waals surface area contributed by atoms with Crippen LogP contribution in [0.5, 0.6) is 0 Å². The Kier molecular flexibility index (Phi) is 4.69. The molecule has 24 heavy (non-hydrogen) atoms. The molecule has 0 aliphatic carbocycles. The first-order chi connectivity index (χ1) is 11.5. The first-order valence-corrected chi connectivity index (χ1v) is 8.53. The van der Waals surface area contributed by atoms with Crippen molar-refractivity contribution in [1.29, 1.82) is 0 Å². The van der Waals surface area contributed by atoms with Gasteiger partial charge in [0.1, 0.15) is 5.82 Å². The molecule has 0 spiro atoms. The number of hydrogen-bond acceptors (Lipinski definition) is 3. The number of aromatic nitrogens is 1. The minimum absolute atomic E-state index is 0.262. The summed E-state index contributed by atoms with van der Waals surface area (Å²) in [6.07, 6.45) is 0. The summed E-state index contributed by atoms with van der Waals surface area (Å²) in [4.78, 5) is 29.9. The maximum Gasteiger partial charge on any atom is 0.255 e. The van der Waals surface area contributed by atoms with E-state index in [1.165, 1.54) is 35.6 Å². The maximum absolute atomic E-state index is 13.4. The number of pyridine rings is 1. The second-order valence-corrected chi connectivity index (χ2v) is 7.06. The number of nitrogens with zero attached hydrogens (tertiary/aromatic N) is 1. The number of fused-ring (bicyclic) bond motifs is 1. The number of rotatable bonds is 4. The fourth-order valence-electron chi connectivity index (χ4n) is 2.53. The van der Waals surface area contributed by atoms with Crippen LogP contribution in [0.1, 0.15) is 22.2 Å². The third-order valence-electron chi connectivity index (χ3n) is 3.68. The molecule has 1 aromatic carbocycles. The number of nitrogens with one attached hydrogen (secondary N) is 1. The van der Waals surface area contributed by atoms with Crippen LogP contribution in [0.3, 0.4) is 0 Å².